The molecule has 0 fully saturated rings. The second kappa shape index (κ2) is 10.9. The highest BCUT2D eigenvalue weighted by molar-refractivity contribution is 7.46. The van der Waals surface area contributed by atoms with Crippen LogP contribution in [0.3, 0.4) is 0 Å². The Kier molecular flexibility index (Phi) is 8.61. The highest BCUT2D eigenvalue weighted by atomic mass is 31.1. The van der Waals surface area contributed by atoms with E-state index in [1.54, 1.807) is 0 Å². The van der Waals surface area contributed by atoms with Gasteiger partial charge in [0, 0.05) is 17.9 Å². The zero-order valence-corrected chi connectivity index (χ0v) is 17.8. The molecule has 0 aliphatic rings. The van der Waals surface area contributed by atoms with E-state index in [-0.39, 0.29) is 0 Å². The van der Waals surface area contributed by atoms with E-state index >= 15 is 0 Å². The van der Waals surface area contributed by atoms with Crippen LogP contribution in [0.5, 0.6) is 0 Å². The van der Waals surface area contributed by atoms with Gasteiger partial charge in [0.1, 0.15) is 0 Å². The van der Waals surface area contributed by atoms with Crippen molar-refractivity contribution in [2.45, 2.75) is 45.6 Å². The van der Waals surface area contributed by atoms with E-state index in [0.717, 1.165) is 52.1 Å². The minimum Gasteiger partial charge on any atom is -0.399 e. The van der Waals surface area contributed by atoms with Crippen LogP contribution in [0, 0.1) is 0 Å². The van der Waals surface area contributed by atoms with Crippen LogP contribution in [0.4, 0.5) is 0 Å². The summed E-state index contributed by atoms with van der Waals surface area (Å²) in [4.78, 5) is 0. The van der Waals surface area contributed by atoms with Gasteiger partial charge in [-0.15, -0.1) is 0 Å². The molecule has 0 spiro atoms. The van der Waals surface area contributed by atoms with Crippen LogP contribution < -0.4 is 16.4 Å². The maximum Gasteiger partial charge on any atom is 0.0397 e. The van der Waals surface area contributed by atoms with Gasteiger partial charge in [-0.2, -0.15) is 0 Å². The first-order valence-corrected chi connectivity index (χ1v) is 11.3. The highest BCUT2D eigenvalue weighted by Gasteiger charge is 2.04. The van der Waals surface area contributed by atoms with Gasteiger partial charge in [-0.25, -0.2) is 0 Å². The summed E-state index contributed by atoms with van der Waals surface area (Å²) in [7, 11) is 0.860. The molecule has 2 rings (SSSR count). The summed E-state index contributed by atoms with van der Waals surface area (Å²) in [5.74, 6) is 0. The third kappa shape index (κ3) is 6.88. The highest BCUT2D eigenvalue weighted by Crippen LogP contribution is 2.19. The molecule has 0 saturated carbocycles. The third-order valence-electron chi connectivity index (χ3n) is 4.88. The second-order valence-electron chi connectivity index (χ2n) is 6.98. The van der Waals surface area contributed by atoms with Crippen molar-refractivity contribution in [2.75, 3.05) is 6.66 Å². The molecule has 0 radical (unpaired) electrons. The predicted octanol–water partition coefficient (Wildman–Crippen LogP) is 5.13. The van der Waals surface area contributed by atoms with Gasteiger partial charge in [-0.1, -0.05) is 71.1 Å². The van der Waals surface area contributed by atoms with Gasteiger partial charge in [0.05, 0.1) is 0 Å². The molecule has 0 bridgehead atoms. The van der Waals surface area contributed by atoms with Gasteiger partial charge in [0.25, 0.3) is 0 Å². The summed E-state index contributed by atoms with van der Waals surface area (Å²) in [5.41, 5.74) is 12.7. The SMILES string of the molecule is C=C(CCCCc1ccc(C(=C)N)c(CC)c1)NCc1ccc(PC)cc1. The maximum atomic E-state index is 5.87. The number of benzene rings is 2. The van der Waals surface area contributed by atoms with E-state index < -0.39 is 0 Å². The molecule has 0 aliphatic heterocycles. The van der Waals surface area contributed by atoms with Crippen molar-refractivity contribution in [3.05, 3.63) is 83.6 Å². The maximum absolute atomic E-state index is 5.87. The lowest BCUT2D eigenvalue weighted by Gasteiger charge is -2.12. The van der Waals surface area contributed by atoms with E-state index in [0.29, 0.717) is 5.70 Å². The van der Waals surface area contributed by atoms with Crippen LogP contribution in [-0.4, -0.2) is 6.66 Å². The lowest BCUT2D eigenvalue weighted by atomic mass is 9.97. The van der Waals surface area contributed by atoms with E-state index in [2.05, 4.69) is 74.5 Å². The fourth-order valence-electron chi connectivity index (χ4n) is 3.18. The molecule has 0 amide bonds. The van der Waals surface area contributed by atoms with E-state index in [1.807, 2.05) is 0 Å². The molecule has 27 heavy (non-hydrogen) atoms. The quantitative estimate of drug-likeness (QED) is 0.419. The van der Waals surface area contributed by atoms with Gasteiger partial charge in [0.2, 0.25) is 0 Å². The predicted molar refractivity (Wildman–Crippen MR) is 123 cm³/mol. The summed E-state index contributed by atoms with van der Waals surface area (Å²) in [5, 5.41) is 4.87. The zero-order valence-electron chi connectivity index (χ0n) is 16.8. The number of unbranched alkanes of at least 4 members (excludes halogenated alkanes) is 1. The number of nitrogens with one attached hydrogen (secondary N) is 1. The number of aryl methyl sites for hydroxylation is 2. The standard InChI is InChI=1S/C24H33N2P/c1-5-22-16-20(12-15-24(22)19(3)25)9-7-6-8-18(2)26-17-21-10-13-23(27-4)14-11-21/h10-16,26-27H,2-3,5-9,17,25H2,1,4H3. The third-order valence-corrected chi connectivity index (χ3v) is 5.79. The average Bonchev–Trinajstić information content (AvgIpc) is 2.69. The molecule has 2 nitrogen and oxygen atoms in total. The first-order chi connectivity index (χ1) is 13.0. The largest absolute Gasteiger partial charge is 0.399 e. The minimum absolute atomic E-state index is 0.658. The summed E-state index contributed by atoms with van der Waals surface area (Å²) in [6.45, 7) is 13.3. The Morgan fingerprint density at radius 3 is 2.37 bits per heavy atom. The first-order valence-electron chi connectivity index (χ1n) is 9.78. The monoisotopic (exact) mass is 380 g/mol. The Labute approximate surface area is 166 Å². The molecule has 144 valence electrons. The van der Waals surface area contributed by atoms with Crippen molar-refractivity contribution in [3.8, 4) is 0 Å². The topological polar surface area (TPSA) is 38.0 Å². The Morgan fingerprint density at radius 2 is 1.74 bits per heavy atom. The zero-order chi connectivity index (χ0) is 19.6. The van der Waals surface area contributed by atoms with Crippen LogP contribution in [0.15, 0.2) is 61.3 Å². The summed E-state index contributed by atoms with van der Waals surface area (Å²) in [6, 6.07) is 15.4. The van der Waals surface area contributed by atoms with Crippen LogP contribution in [-0.2, 0) is 19.4 Å². The van der Waals surface area contributed by atoms with Crippen molar-refractivity contribution in [3.63, 3.8) is 0 Å². The Balaban J connectivity index is 1.71. The lowest BCUT2D eigenvalue weighted by Crippen LogP contribution is -2.12. The summed E-state index contributed by atoms with van der Waals surface area (Å²) in [6.07, 6.45) is 5.41. The molecule has 1 unspecified atom stereocenters. The fraction of sp³-hybridized carbons (Fsp3) is 0.333. The molecule has 2 aromatic carbocycles. The van der Waals surface area contributed by atoms with Gasteiger partial charge in [0.15, 0.2) is 0 Å². The smallest absolute Gasteiger partial charge is 0.0397 e. The Morgan fingerprint density at radius 1 is 1.04 bits per heavy atom. The molecule has 3 heteroatoms. The van der Waals surface area contributed by atoms with Crippen molar-refractivity contribution in [1.29, 1.82) is 0 Å². The van der Waals surface area contributed by atoms with Crippen LogP contribution in [0.2, 0.25) is 0 Å². The van der Waals surface area contributed by atoms with Crippen molar-refractivity contribution < 1.29 is 0 Å². The van der Waals surface area contributed by atoms with Gasteiger partial charge in [-0.3, -0.25) is 0 Å². The lowest BCUT2D eigenvalue weighted by molar-refractivity contribution is 0.677. The van der Waals surface area contributed by atoms with E-state index in [1.165, 1.54) is 28.4 Å². The van der Waals surface area contributed by atoms with Crippen LogP contribution in [0.1, 0.15) is 48.4 Å². The number of hydrogen-bond donors (Lipinski definition) is 2. The molecule has 0 heterocycles. The van der Waals surface area contributed by atoms with Crippen LogP contribution in [0.25, 0.3) is 5.70 Å². The van der Waals surface area contributed by atoms with Crippen molar-refractivity contribution in [1.82, 2.24) is 5.32 Å². The van der Waals surface area contributed by atoms with Gasteiger partial charge in [-0.05, 0) is 66.3 Å². The van der Waals surface area contributed by atoms with E-state index in [9.17, 15) is 0 Å². The summed E-state index contributed by atoms with van der Waals surface area (Å²) < 4.78 is 0. The van der Waals surface area contributed by atoms with E-state index in [4.69, 9.17) is 5.73 Å². The number of nitrogens with two attached hydrogens (primary N) is 1. The normalized spacial score (nSPS) is 11.0. The Bertz CT molecular complexity index is 762. The van der Waals surface area contributed by atoms with Crippen LogP contribution >= 0.6 is 8.58 Å². The van der Waals surface area contributed by atoms with Gasteiger partial charge >= 0.3 is 0 Å². The molecular weight excluding hydrogens is 347 g/mol. The van der Waals surface area contributed by atoms with Crippen molar-refractivity contribution in [2.24, 2.45) is 5.73 Å². The van der Waals surface area contributed by atoms with Gasteiger partial charge < -0.3 is 11.1 Å². The van der Waals surface area contributed by atoms with Crippen molar-refractivity contribution >= 4 is 19.6 Å². The molecule has 2 aromatic rings. The summed E-state index contributed by atoms with van der Waals surface area (Å²) >= 11 is 0. The molecular formula is C24H33N2P. The second-order valence-corrected chi connectivity index (χ2v) is 8.06. The number of hydrogen-bond acceptors (Lipinski definition) is 2. The number of rotatable bonds is 11. The molecule has 3 N–H and O–H groups in total. The average molecular weight is 381 g/mol. The molecule has 1 atom stereocenters. The molecule has 0 saturated heterocycles. The molecule has 0 aliphatic carbocycles. The fourth-order valence-corrected chi connectivity index (χ4v) is 3.68. The minimum atomic E-state index is 0.658. The molecule has 0 aromatic heterocycles. The first kappa shape index (κ1) is 21.3. The Hall–Kier alpha value is -2.05. The number of allylic oxidation sites excluding steroid dienone is 1.